The number of benzene rings is 1. The van der Waals surface area contributed by atoms with Crippen LogP contribution < -0.4 is 0 Å². The predicted octanol–water partition coefficient (Wildman–Crippen LogP) is 3.31. The van der Waals surface area contributed by atoms with E-state index in [-0.39, 0.29) is 12.1 Å². The molecule has 2 aliphatic heterocycles. The van der Waals surface area contributed by atoms with Crippen LogP contribution >= 0.6 is 0 Å². The van der Waals surface area contributed by atoms with Gasteiger partial charge >= 0.3 is 6.03 Å². The normalized spacial score (nSPS) is 26.7. The first-order chi connectivity index (χ1) is 14.0. The fraction of sp³-hybridized carbons (Fsp3) is 0.565. The maximum Gasteiger partial charge on any atom is 0.320 e. The number of carbonyl (C=O) groups is 1. The molecule has 2 aromatic rings. The lowest BCUT2D eigenvalue weighted by molar-refractivity contribution is 0.151. The Labute approximate surface area is 173 Å². The fourth-order valence-corrected chi connectivity index (χ4v) is 5.39. The monoisotopic (exact) mass is 393 g/mol. The van der Waals surface area contributed by atoms with Gasteiger partial charge in [0.2, 0.25) is 0 Å². The zero-order chi connectivity index (χ0) is 20.1. The highest BCUT2D eigenvalue weighted by atomic mass is 16.2. The van der Waals surface area contributed by atoms with Crippen LogP contribution in [-0.2, 0) is 6.54 Å². The van der Waals surface area contributed by atoms with Gasteiger partial charge in [0, 0.05) is 58.1 Å². The summed E-state index contributed by atoms with van der Waals surface area (Å²) in [5, 5.41) is 0. The summed E-state index contributed by atoms with van der Waals surface area (Å²) in [6.45, 7) is 5.99. The molecule has 6 nitrogen and oxygen atoms in total. The lowest BCUT2D eigenvalue weighted by atomic mass is 9.88. The van der Waals surface area contributed by atoms with Crippen LogP contribution in [0.5, 0.6) is 0 Å². The standard InChI is InChI=1S/C23H31N5O/c1-16-6-4-5-7-19(16)22-20-14-26(12-17(20)13-28(22)23(29)25(2)3)15-21-24-10-11-27(21)18-8-9-18/h4-7,10-11,17-18,20,22H,8-9,12-15H2,1-3H3/t17-,20-,22+/m1/s1. The van der Waals surface area contributed by atoms with E-state index in [4.69, 9.17) is 0 Å². The van der Waals surface area contributed by atoms with Crippen LogP contribution in [0.3, 0.4) is 0 Å². The van der Waals surface area contributed by atoms with Gasteiger partial charge < -0.3 is 14.4 Å². The van der Waals surface area contributed by atoms with Gasteiger partial charge in [-0.05, 0) is 36.8 Å². The van der Waals surface area contributed by atoms with Crippen LogP contribution in [0.1, 0.15) is 41.9 Å². The van der Waals surface area contributed by atoms with Gasteiger partial charge in [0.25, 0.3) is 0 Å². The summed E-state index contributed by atoms with van der Waals surface area (Å²) in [5.74, 6) is 2.19. The molecule has 1 saturated carbocycles. The number of fused-ring (bicyclic) bond motifs is 1. The third-order valence-corrected chi connectivity index (χ3v) is 6.93. The second kappa shape index (κ2) is 7.17. The molecule has 1 aliphatic carbocycles. The van der Waals surface area contributed by atoms with Crippen LogP contribution in [0.15, 0.2) is 36.7 Å². The van der Waals surface area contributed by atoms with Crippen molar-refractivity contribution < 1.29 is 4.79 Å². The predicted molar refractivity (Wildman–Crippen MR) is 112 cm³/mol. The Bertz CT molecular complexity index is 902. The van der Waals surface area contributed by atoms with Crippen molar-refractivity contribution in [3.8, 4) is 0 Å². The number of amides is 2. The lowest BCUT2D eigenvalue weighted by Crippen LogP contribution is -2.41. The van der Waals surface area contributed by atoms with Crippen LogP contribution in [0.4, 0.5) is 4.79 Å². The number of rotatable bonds is 4. The van der Waals surface area contributed by atoms with Crippen molar-refractivity contribution in [1.82, 2.24) is 24.3 Å². The van der Waals surface area contributed by atoms with E-state index in [0.717, 1.165) is 26.2 Å². The Balaban J connectivity index is 1.39. The molecule has 0 radical (unpaired) electrons. The third kappa shape index (κ3) is 3.33. The molecule has 0 N–H and O–H groups in total. The van der Waals surface area contributed by atoms with Crippen molar-refractivity contribution in [3.05, 3.63) is 53.6 Å². The molecule has 3 atom stereocenters. The Kier molecular flexibility index (Phi) is 4.62. The molecule has 29 heavy (non-hydrogen) atoms. The summed E-state index contributed by atoms with van der Waals surface area (Å²) < 4.78 is 2.37. The minimum absolute atomic E-state index is 0.128. The molecular weight excluding hydrogens is 362 g/mol. The van der Waals surface area contributed by atoms with Gasteiger partial charge in [-0.3, -0.25) is 4.90 Å². The van der Waals surface area contributed by atoms with Gasteiger partial charge in [-0.15, -0.1) is 0 Å². The Morgan fingerprint density at radius 2 is 1.97 bits per heavy atom. The SMILES string of the molecule is Cc1ccccc1[C@H]1[C@@H]2CN(Cc3nccn3C3CC3)C[C@@H]2CN1C(=O)N(C)C. The van der Waals surface area contributed by atoms with Crippen molar-refractivity contribution in [2.45, 2.75) is 38.4 Å². The van der Waals surface area contributed by atoms with E-state index in [1.807, 2.05) is 20.3 Å². The largest absolute Gasteiger partial charge is 0.331 e. The van der Waals surface area contributed by atoms with E-state index in [1.165, 1.54) is 29.8 Å². The molecule has 3 fully saturated rings. The van der Waals surface area contributed by atoms with Gasteiger partial charge in [-0.25, -0.2) is 9.78 Å². The maximum atomic E-state index is 13.0. The van der Waals surface area contributed by atoms with Crippen LogP contribution in [0.2, 0.25) is 0 Å². The first-order valence-electron chi connectivity index (χ1n) is 10.8. The van der Waals surface area contributed by atoms with Crippen LogP contribution in [0.25, 0.3) is 0 Å². The number of hydrogen-bond donors (Lipinski definition) is 0. The molecule has 3 heterocycles. The van der Waals surface area contributed by atoms with Crippen molar-refractivity contribution >= 4 is 6.03 Å². The number of nitrogens with zero attached hydrogens (tertiary/aromatic N) is 5. The molecule has 1 aromatic heterocycles. The van der Waals surface area contributed by atoms with Gasteiger partial charge in [0.15, 0.2) is 0 Å². The van der Waals surface area contributed by atoms with E-state index < -0.39 is 0 Å². The lowest BCUT2D eigenvalue weighted by Gasteiger charge is -2.32. The van der Waals surface area contributed by atoms with Gasteiger partial charge in [0.1, 0.15) is 5.82 Å². The fourth-order valence-electron chi connectivity index (χ4n) is 5.39. The summed E-state index contributed by atoms with van der Waals surface area (Å²) in [6, 6.07) is 9.52. The summed E-state index contributed by atoms with van der Waals surface area (Å²) in [7, 11) is 3.71. The Morgan fingerprint density at radius 3 is 2.69 bits per heavy atom. The smallest absolute Gasteiger partial charge is 0.320 e. The van der Waals surface area contributed by atoms with Crippen molar-refractivity contribution in [1.29, 1.82) is 0 Å². The summed E-state index contributed by atoms with van der Waals surface area (Å²) in [5.41, 5.74) is 2.58. The molecule has 0 unspecified atom stereocenters. The Morgan fingerprint density at radius 1 is 1.17 bits per heavy atom. The molecule has 1 aromatic carbocycles. The van der Waals surface area contributed by atoms with E-state index >= 15 is 0 Å². The molecule has 6 heteroatoms. The quantitative estimate of drug-likeness (QED) is 0.801. The molecular formula is C23H31N5O. The number of imidazole rings is 1. The summed E-state index contributed by atoms with van der Waals surface area (Å²) in [4.78, 5) is 24.0. The first kappa shape index (κ1) is 18.7. The van der Waals surface area contributed by atoms with Gasteiger partial charge in [-0.2, -0.15) is 0 Å². The first-order valence-corrected chi connectivity index (χ1v) is 10.8. The van der Waals surface area contributed by atoms with Crippen molar-refractivity contribution in [2.24, 2.45) is 11.8 Å². The minimum Gasteiger partial charge on any atom is -0.331 e. The van der Waals surface area contributed by atoms with E-state index in [2.05, 4.69) is 56.7 Å². The van der Waals surface area contributed by atoms with Crippen molar-refractivity contribution in [2.75, 3.05) is 33.7 Å². The average molecular weight is 394 g/mol. The molecule has 3 aliphatic rings. The highest BCUT2D eigenvalue weighted by Crippen LogP contribution is 2.46. The molecule has 0 bridgehead atoms. The zero-order valence-electron chi connectivity index (χ0n) is 17.7. The topological polar surface area (TPSA) is 44.6 Å². The molecule has 2 amide bonds. The number of urea groups is 1. The molecule has 0 spiro atoms. The molecule has 154 valence electrons. The average Bonchev–Trinajstić information content (AvgIpc) is 3.15. The minimum atomic E-state index is 0.128. The number of likely N-dealkylation sites (tertiary alicyclic amines) is 2. The maximum absolute atomic E-state index is 13.0. The highest BCUT2D eigenvalue weighted by molar-refractivity contribution is 5.75. The third-order valence-electron chi connectivity index (χ3n) is 6.93. The second-order valence-electron chi connectivity index (χ2n) is 9.23. The number of carbonyl (C=O) groups excluding carboxylic acids is 1. The van der Waals surface area contributed by atoms with E-state index in [1.54, 1.807) is 4.90 Å². The van der Waals surface area contributed by atoms with Crippen LogP contribution in [-0.4, -0.2) is 64.0 Å². The number of hydrogen-bond acceptors (Lipinski definition) is 3. The molecule has 5 rings (SSSR count). The van der Waals surface area contributed by atoms with Gasteiger partial charge in [-0.1, -0.05) is 24.3 Å². The summed E-state index contributed by atoms with van der Waals surface area (Å²) in [6.07, 6.45) is 6.65. The van der Waals surface area contributed by atoms with Crippen molar-refractivity contribution in [3.63, 3.8) is 0 Å². The number of aromatic nitrogens is 2. The van der Waals surface area contributed by atoms with E-state index in [0.29, 0.717) is 17.9 Å². The Hall–Kier alpha value is -2.34. The number of aryl methyl sites for hydroxylation is 1. The second-order valence-corrected chi connectivity index (χ2v) is 9.23. The highest BCUT2D eigenvalue weighted by Gasteiger charge is 2.49. The molecule has 2 saturated heterocycles. The van der Waals surface area contributed by atoms with E-state index in [9.17, 15) is 4.79 Å². The van der Waals surface area contributed by atoms with Crippen LogP contribution in [0, 0.1) is 18.8 Å². The van der Waals surface area contributed by atoms with Gasteiger partial charge in [0.05, 0.1) is 12.6 Å². The summed E-state index contributed by atoms with van der Waals surface area (Å²) >= 11 is 0. The zero-order valence-corrected chi connectivity index (χ0v) is 17.7.